The molecule has 0 heterocycles. The molecule has 0 aliphatic heterocycles. The average molecular weight is 302 g/mol. The van der Waals surface area contributed by atoms with E-state index >= 15 is 0 Å². The van der Waals surface area contributed by atoms with Crippen LogP contribution in [-0.4, -0.2) is 18.0 Å². The van der Waals surface area contributed by atoms with Crippen LogP contribution in [0.5, 0.6) is 0 Å². The SMILES string of the molecule is CCC(NC(=O)C[C@@H]1CCC[C@H]1N)C(C)(C)c1ccccc1. The molecule has 1 aromatic rings. The Hall–Kier alpha value is -1.35. The molecule has 1 fully saturated rings. The molecular formula is C19H30N2O. The number of nitrogens with one attached hydrogen (secondary N) is 1. The summed E-state index contributed by atoms with van der Waals surface area (Å²) in [5.41, 5.74) is 7.27. The van der Waals surface area contributed by atoms with Gasteiger partial charge in [-0.05, 0) is 30.7 Å². The Bertz CT molecular complexity index is 483. The zero-order chi connectivity index (χ0) is 16.2. The highest BCUT2D eigenvalue weighted by molar-refractivity contribution is 5.76. The maximum absolute atomic E-state index is 12.4. The van der Waals surface area contributed by atoms with E-state index in [0.717, 1.165) is 25.7 Å². The molecule has 122 valence electrons. The third-order valence-electron chi connectivity index (χ3n) is 5.30. The van der Waals surface area contributed by atoms with Crippen molar-refractivity contribution in [3.05, 3.63) is 35.9 Å². The maximum atomic E-state index is 12.4. The van der Waals surface area contributed by atoms with Crippen molar-refractivity contribution in [2.45, 2.75) is 70.4 Å². The third kappa shape index (κ3) is 3.89. The first-order chi connectivity index (χ1) is 10.4. The molecule has 3 N–H and O–H groups in total. The molecular weight excluding hydrogens is 272 g/mol. The Balaban J connectivity index is 2.00. The summed E-state index contributed by atoms with van der Waals surface area (Å²) >= 11 is 0. The molecule has 22 heavy (non-hydrogen) atoms. The van der Waals surface area contributed by atoms with Crippen molar-refractivity contribution >= 4 is 5.91 Å². The molecule has 0 radical (unpaired) electrons. The van der Waals surface area contributed by atoms with Crippen LogP contribution in [0.4, 0.5) is 0 Å². The second-order valence-corrected chi connectivity index (χ2v) is 7.18. The maximum Gasteiger partial charge on any atom is 0.220 e. The molecule has 1 saturated carbocycles. The van der Waals surface area contributed by atoms with E-state index in [9.17, 15) is 4.79 Å². The van der Waals surface area contributed by atoms with Gasteiger partial charge in [-0.15, -0.1) is 0 Å². The van der Waals surface area contributed by atoms with E-state index in [1.807, 2.05) is 6.07 Å². The van der Waals surface area contributed by atoms with Crippen LogP contribution in [0.2, 0.25) is 0 Å². The Labute approximate surface area is 134 Å². The second kappa shape index (κ2) is 7.28. The van der Waals surface area contributed by atoms with E-state index in [1.54, 1.807) is 0 Å². The topological polar surface area (TPSA) is 55.1 Å². The predicted octanol–water partition coefficient (Wildman–Crippen LogP) is 3.38. The van der Waals surface area contributed by atoms with Gasteiger partial charge in [0.15, 0.2) is 0 Å². The largest absolute Gasteiger partial charge is 0.352 e. The van der Waals surface area contributed by atoms with Crippen molar-refractivity contribution < 1.29 is 4.79 Å². The number of amides is 1. The number of carbonyl (C=O) groups excluding carboxylic acids is 1. The first-order valence-electron chi connectivity index (χ1n) is 8.55. The van der Waals surface area contributed by atoms with Crippen LogP contribution in [0.3, 0.4) is 0 Å². The Morgan fingerprint density at radius 3 is 2.55 bits per heavy atom. The molecule has 1 unspecified atom stereocenters. The molecule has 1 amide bonds. The van der Waals surface area contributed by atoms with E-state index in [-0.39, 0.29) is 23.4 Å². The van der Waals surface area contributed by atoms with Gasteiger partial charge in [0.05, 0.1) is 0 Å². The van der Waals surface area contributed by atoms with Gasteiger partial charge in [-0.25, -0.2) is 0 Å². The molecule has 3 atom stereocenters. The van der Waals surface area contributed by atoms with Gasteiger partial charge < -0.3 is 11.1 Å². The molecule has 0 aromatic heterocycles. The summed E-state index contributed by atoms with van der Waals surface area (Å²) in [6.07, 6.45) is 4.80. The Morgan fingerprint density at radius 1 is 1.32 bits per heavy atom. The first-order valence-corrected chi connectivity index (χ1v) is 8.55. The summed E-state index contributed by atoms with van der Waals surface area (Å²) in [7, 11) is 0. The summed E-state index contributed by atoms with van der Waals surface area (Å²) in [6, 6.07) is 10.8. The summed E-state index contributed by atoms with van der Waals surface area (Å²) in [6.45, 7) is 6.55. The van der Waals surface area contributed by atoms with Crippen LogP contribution >= 0.6 is 0 Å². The molecule has 2 rings (SSSR count). The Kier molecular flexibility index (Phi) is 5.63. The van der Waals surface area contributed by atoms with Gasteiger partial charge in [0.2, 0.25) is 5.91 Å². The smallest absolute Gasteiger partial charge is 0.220 e. The van der Waals surface area contributed by atoms with Gasteiger partial charge in [0.1, 0.15) is 0 Å². The van der Waals surface area contributed by atoms with Crippen molar-refractivity contribution in [1.82, 2.24) is 5.32 Å². The van der Waals surface area contributed by atoms with Gasteiger partial charge in [0.25, 0.3) is 0 Å². The molecule has 3 nitrogen and oxygen atoms in total. The number of rotatable bonds is 6. The number of nitrogens with two attached hydrogens (primary N) is 1. The van der Waals surface area contributed by atoms with Gasteiger partial charge in [0, 0.05) is 23.9 Å². The molecule has 3 heteroatoms. The fourth-order valence-electron chi connectivity index (χ4n) is 3.67. The highest BCUT2D eigenvalue weighted by Crippen LogP contribution is 2.30. The van der Waals surface area contributed by atoms with Gasteiger partial charge in [-0.2, -0.15) is 0 Å². The quantitative estimate of drug-likeness (QED) is 0.846. The van der Waals surface area contributed by atoms with Gasteiger partial charge in [-0.1, -0.05) is 57.5 Å². The average Bonchev–Trinajstić information content (AvgIpc) is 2.90. The Morgan fingerprint density at radius 2 is 2.00 bits per heavy atom. The van der Waals surface area contributed by atoms with Crippen LogP contribution < -0.4 is 11.1 Å². The lowest BCUT2D eigenvalue weighted by molar-refractivity contribution is -0.123. The van der Waals surface area contributed by atoms with Gasteiger partial charge in [-0.3, -0.25) is 4.79 Å². The summed E-state index contributed by atoms with van der Waals surface area (Å²) in [4.78, 5) is 12.4. The third-order valence-corrected chi connectivity index (χ3v) is 5.30. The number of benzene rings is 1. The van der Waals surface area contributed by atoms with E-state index in [1.165, 1.54) is 5.56 Å². The van der Waals surface area contributed by atoms with Gasteiger partial charge >= 0.3 is 0 Å². The number of hydrogen-bond donors (Lipinski definition) is 2. The molecule has 0 bridgehead atoms. The van der Waals surface area contributed by atoms with E-state index in [4.69, 9.17) is 5.73 Å². The lowest BCUT2D eigenvalue weighted by Gasteiger charge is -2.35. The zero-order valence-corrected chi connectivity index (χ0v) is 14.1. The van der Waals surface area contributed by atoms with Crippen molar-refractivity contribution in [2.75, 3.05) is 0 Å². The van der Waals surface area contributed by atoms with Crippen LogP contribution in [0.15, 0.2) is 30.3 Å². The lowest BCUT2D eigenvalue weighted by atomic mass is 9.76. The van der Waals surface area contributed by atoms with Crippen LogP contribution in [0.1, 0.15) is 58.4 Å². The van der Waals surface area contributed by atoms with E-state index in [2.05, 4.69) is 50.4 Å². The monoisotopic (exact) mass is 302 g/mol. The summed E-state index contributed by atoms with van der Waals surface area (Å²) < 4.78 is 0. The van der Waals surface area contributed by atoms with Crippen LogP contribution in [0.25, 0.3) is 0 Å². The highest BCUT2D eigenvalue weighted by Gasteiger charge is 2.32. The summed E-state index contributed by atoms with van der Waals surface area (Å²) in [5, 5.41) is 3.26. The standard InChI is InChI=1S/C19H30N2O/c1-4-17(19(2,3)15-10-6-5-7-11-15)21-18(22)13-14-9-8-12-16(14)20/h5-7,10-11,14,16-17H,4,8-9,12-13,20H2,1-3H3,(H,21,22)/t14-,16+,17?/m0/s1. The minimum absolute atomic E-state index is 0.0799. The minimum Gasteiger partial charge on any atom is -0.352 e. The molecule has 1 aliphatic carbocycles. The van der Waals surface area contributed by atoms with E-state index in [0.29, 0.717) is 12.3 Å². The van der Waals surface area contributed by atoms with Crippen LogP contribution in [0, 0.1) is 5.92 Å². The highest BCUT2D eigenvalue weighted by atomic mass is 16.1. The van der Waals surface area contributed by atoms with Crippen molar-refractivity contribution in [1.29, 1.82) is 0 Å². The molecule has 0 spiro atoms. The summed E-state index contributed by atoms with van der Waals surface area (Å²) in [5.74, 6) is 0.510. The first kappa shape index (κ1) is 17.0. The second-order valence-electron chi connectivity index (χ2n) is 7.18. The fraction of sp³-hybridized carbons (Fsp3) is 0.632. The van der Waals surface area contributed by atoms with E-state index < -0.39 is 0 Å². The minimum atomic E-state index is -0.0799. The van der Waals surface area contributed by atoms with Crippen molar-refractivity contribution in [2.24, 2.45) is 11.7 Å². The zero-order valence-electron chi connectivity index (χ0n) is 14.1. The lowest BCUT2D eigenvalue weighted by Crippen LogP contribution is -2.47. The molecule has 1 aromatic carbocycles. The normalized spacial score (nSPS) is 23.3. The predicted molar refractivity (Wildman–Crippen MR) is 91.6 cm³/mol. The van der Waals surface area contributed by atoms with Crippen molar-refractivity contribution in [3.63, 3.8) is 0 Å². The number of hydrogen-bond acceptors (Lipinski definition) is 2. The fourth-order valence-corrected chi connectivity index (χ4v) is 3.67. The van der Waals surface area contributed by atoms with Crippen molar-refractivity contribution in [3.8, 4) is 0 Å². The van der Waals surface area contributed by atoms with Crippen LogP contribution in [-0.2, 0) is 10.2 Å². The molecule has 1 aliphatic rings. The number of carbonyl (C=O) groups is 1. The molecule has 0 saturated heterocycles.